The predicted octanol–water partition coefficient (Wildman–Crippen LogP) is 3.65. The predicted molar refractivity (Wildman–Crippen MR) is 135 cm³/mol. The Labute approximate surface area is 206 Å². The number of ether oxygens (including phenoxy) is 2. The highest BCUT2D eigenvalue weighted by Gasteiger charge is 2.15. The molecule has 0 saturated carbocycles. The number of benzene rings is 3. The van der Waals surface area contributed by atoms with Gasteiger partial charge in [-0.15, -0.1) is 10.2 Å². The van der Waals surface area contributed by atoms with Crippen molar-refractivity contribution in [2.24, 2.45) is 7.05 Å². The molecule has 0 aliphatic heterocycles. The smallest absolute Gasteiger partial charge is 0.251 e. The maximum atomic E-state index is 12.6. The summed E-state index contributed by atoms with van der Waals surface area (Å²) in [4.78, 5) is 25.1. The summed E-state index contributed by atoms with van der Waals surface area (Å²) in [7, 11) is 4.85. The lowest BCUT2D eigenvalue weighted by Gasteiger charge is -2.10. The maximum absolute atomic E-state index is 12.6. The van der Waals surface area contributed by atoms with Crippen LogP contribution >= 0.6 is 11.8 Å². The summed E-state index contributed by atoms with van der Waals surface area (Å²) in [5, 5.41) is 16.7. The van der Waals surface area contributed by atoms with E-state index in [1.54, 1.807) is 29.8 Å². The normalized spacial score (nSPS) is 10.7. The largest absolute Gasteiger partial charge is 0.493 e. The van der Waals surface area contributed by atoms with E-state index in [9.17, 15) is 9.59 Å². The van der Waals surface area contributed by atoms with E-state index in [0.29, 0.717) is 28.0 Å². The van der Waals surface area contributed by atoms with Crippen molar-refractivity contribution in [2.45, 2.75) is 11.7 Å². The van der Waals surface area contributed by atoms with Gasteiger partial charge in [0.25, 0.3) is 5.91 Å². The first-order valence-electron chi connectivity index (χ1n) is 10.8. The van der Waals surface area contributed by atoms with Crippen LogP contribution < -0.4 is 20.1 Å². The van der Waals surface area contributed by atoms with Crippen molar-refractivity contribution in [1.82, 2.24) is 20.1 Å². The number of fused-ring (bicyclic) bond motifs is 1. The number of thioether (sulfide) groups is 1. The summed E-state index contributed by atoms with van der Waals surface area (Å²) in [6.07, 6.45) is 0. The van der Waals surface area contributed by atoms with Crippen LogP contribution in [0.5, 0.6) is 11.5 Å². The molecule has 0 radical (unpaired) electrons. The fourth-order valence-corrected chi connectivity index (χ4v) is 4.24. The van der Waals surface area contributed by atoms with E-state index in [1.807, 2.05) is 42.5 Å². The highest BCUT2D eigenvalue weighted by molar-refractivity contribution is 7.99. The van der Waals surface area contributed by atoms with E-state index in [4.69, 9.17) is 9.47 Å². The van der Waals surface area contributed by atoms with Gasteiger partial charge in [0.1, 0.15) is 0 Å². The molecule has 2 amide bonds. The van der Waals surface area contributed by atoms with Crippen LogP contribution in [0, 0.1) is 0 Å². The fourth-order valence-electron chi connectivity index (χ4n) is 3.51. The highest BCUT2D eigenvalue weighted by Crippen LogP contribution is 2.27. The molecular weight excluding hydrogens is 466 g/mol. The number of amides is 2. The minimum absolute atomic E-state index is 0.141. The number of hydrogen-bond acceptors (Lipinski definition) is 7. The second kappa shape index (κ2) is 10.9. The molecule has 1 aromatic heterocycles. The molecule has 4 aromatic rings. The second-order valence-corrected chi connectivity index (χ2v) is 8.52. The number of anilines is 1. The van der Waals surface area contributed by atoms with Gasteiger partial charge in [-0.05, 0) is 29.7 Å². The Morgan fingerprint density at radius 2 is 1.74 bits per heavy atom. The summed E-state index contributed by atoms with van der Waals surface area (Å²) in [5.41, 5.74) is 1.20. The van der Waals surface area contributed by atoms with Crippen LogP contribution in [-0.2, 0) is 18.4 Å². The lowest BCUT2D eigenvalue weighted by molar-refractivity contribution is -0.113. The second-order valence-electron chi connectivity index (χ2n) is 7.57. The Morgan fingerprint density at radius 1 is 0.971 bits per heavy atom. The SMILES string of the molecule is COc1ccc(C(=O)NCc2nnc(SCC(=O)Nc3cccc4ccccc34)n2C)cc1OC. The Bertz CT molecular complexity index is 1370. The average molecular weight is 492 g/mol. The first kappa shape index (κ1) is 24.1. The fraction of sp³-hybridized carbons (Fsp3) is 0.200. The first-order chi connectivity index (χ1) is 17.0. The summed E-state index contributed by atoms with van der Waals surface area (Å²) >= 11 is 1.27. The average Bonchev–Trinajstić information content (AvgIpc) is 3.24. The van der Waals surface area contributed by atoms with Crippen LogP contribution in [0.4, 0.5) is 5.69 Å². The Balaban J connectivity index is 1.33. The van der Waals surface area contributed by atoms with E-state index < -0.39 is 0 Å². The highest BCUT2D eigenvalue weighted by atomic mass is 32.2. The van der Waals surface area contributed by atoms with Crippen LogP contribution in [0.1, 0.15) is 16.2 Å². The van der Waals surface area contributed by atoms with Gasteiger partial charge in [-0.2, -0.15) is 0 Å². The summed E-state index contributed by atoms with van der Waals surface area (Å²) in [5.74, 6) is 1.33. The number of aromatic nitrogens is 3. The zero-order chi connectivity index (χ0) is 24.8. The number of rotatable bonds is 9. The number of nitrogens with zero attached hydrogens (tertiary/aromatic N) is 3. The van der Waals surface area contributed by atoms with Gasteiger partial charge in [0.05, 0.1) is 26.5 Å². The topological polar surface area (TPSA) is 107 Å². The zero-order valence-corrected chi connectivity index (χ0v) is 20.4. The van der Waals surface area contributed by atoms with Gasteiger partial charge in [0, 0.05) is 23.7 Å². The third-order valence-electron chi connectivity index (χ3n) is 5.37. The van der Waals surface area contributed by atoms with Gasteiger partial charge in [0.15, 0.2) is 22.5 Å². The summed E-state index contributed by atoms with van der Waals surface area (Å²) in [6, 6.07) is 18.6. The third-order valence-corrected chi connectivity index (χ3v) is 6.39. The molecule has 0 atom stereocenters. The Morgan fingerprint density at radius 3 is 2.54 bits per heavy atom. The quantitative estimate of drug-likeness (QED) is 0.344. The minimum atomic E-state index is -0.280. The molecule has 0 aliphatic carbocycles. The lowest BCUT2D eigenvalue weighted by Crippen LogP contribution is -2.24. The Kier molecular flexibility index (Phi) is 7.51. The van der Waals surface area contributed by atoms with Crippen molar-refractivity contribution in [3.8, 4) is 11.5 Å². The monoisotopic (exact) mass is 491 g/mol. The molecule has 3 aromatic carbocycles. The molecule has 180 valence electrons. The van der Waals surface area contributed by atoms with Crippen molar-refractivity contribution < 1.29 is 19.1 Å². The minimum Gasteiger partial charge on any atom is -0.493 e. The van der Waals surface area contributed by atoms with E-state index >= 15 is 0 Å². The molecule has 0 saturated heterocycles. The molecule has 35 heavy (non-hydrogen) atoms. The van der Waals surface area contributed by atoms with Gasteiger partial charge < -0.3 is 24.7 Å². The van der Waals surface area contributed by atoms with E-state index in [2.05, 4.69) is 20.8 Å². The van der Waals surface area contributed by atoms with Crippen molar-refractivity contribution in [3.05, 3.63) is 72.1 Å². The van der Waals surface area contributed by atoms with Gasteiger partial charge in [-0.3, -0.25) is 9.59 Å². The van der Waals surface area contributed by atoms with Gasteiger partial charge in [0.2, 0.25) is 5.91 Å². The van der Waals surface area contributed by atoms with Crippen LogP contribution in [0.3, 0.4) is 0 Å². The molecule has 1 heterocycles. The molecule has 0 aliphatic rings. The molecule has 10 heteroatoms. The van der Waals surface area contributed by atoms with Gasteiger partial charge in [-0.1, -0.05) is 48.2 Å². The van der Waals surface area contributed by atoms with Crippen LogP contribution in [0.2, 0.25) is 0 Å². The van der Waals surface area contributed by atoms with Gasteiger partial charge >= 0.3 is 0 Å². The number of hydrogen-bond donors (Lipinski definition) is 2. The molecule has 0 bridgehead atoms. The van der Waals surface area contributed by atoms with Crippen molar-refractivity contribution >= 4 is 40.0 Å². The summed E-state index contributed by atoms with van der Waals surface area (Å²) in [6.45, 7) is 0.180. The van der Waals surface area contributed by atoms with Crippen LogP contribution in [-0.4, -0.2) is 46.6 Å². The molecule has 0 spiro atoms. The number of nitrogens with one attached hydrogen (secondary N) is 2. The molecular formula is C25H25N5O4S. The van der Waals surface area contributed by atoms with E-state index in [0.717, 1.165) is 16.5 Å². The first-order valence-corrected chi connectivity index (χ1v) is 11.8. The van der Waals surface area contributed by atoms with Crippen molar-refractivity contribution in [3.63, 3.8) is 0 Å². The standard InChI is InChI=1S/C25H25N5O4S/c1-30-22(14-26-24(32)17-11-12-20(33-2)21(13-17)34-3)28-29-25(30)35-15-23(31)27-19-10-6-8-16-7-4-5-9-18(16)19/h4-13H,14-15H2,1-3H3,(H,26,32)(H,27,31). The molecule has 9 nitrogen and oxygen atoms in total. The van der Waals surface area contributed by atoms with Crippen molar-refractivity contribution in [2.75, 3.05) is 25.3 Å². The Hall–Kier alpha value is -4.05. The maximum Gasteiger partial charge on any atom is 0.251 e. The number of methoxy groups -OCH3 is 2. The molecule has 4 rings (SSSR count). The van der Waals surface area contributed by atoms with E-state index in [-0.39, 0.29) is 24.1 Å². The van der Waals surface area contributed by atoms with Crippen LogP contribution in [0.25, 0.3) is 10.8 Å². The third kappa shape index (κ3) is 5.55. The summed E-state index contributed by atoms with van der Waals surface area (Å²) < 4.78 is 12.2. The molecule has 2 N–H and O–H groups in total. The van der Waals surface area contributed by atoms with Crippen LogP contribution in [0.15, 0.2) is 65.8 Å². The zero-order valence-electron chi connectivity index (χ0n) is 19.6. The number of carbonyl (C=O) groups is 2. The molecule has 0 unspecified atom stereocenters. The number of carbonyl (C=O) groups excluding carboxylic acids is 2. The molecule has 0 fully saturated rings. The van der Waals surface area contributed by atoms with E-state index in [1.165, 1.54) is 26.0 Å². The van der Waals surface area contributed by atoms with Gasteiger partial charge in [-0.25, -0.2) is 0 Å². The van der Waals surface area contributed by atoms with Crippen molar-refractivity contribution in [1.29, 1.82) is 0 Å². The lowest BCUT2D eigenvalue weighted by atomic mass is 10.1.